The number of sulfonamides is 1. The molecule has 116 valence electrons. The lowest BCUT2D eigenvalue weighted by atomic mass is 10.2. The molecule has 7 heteroatoms. The fourth-order valence-electron chi connectivity index (χ4n) is 1.68. The van der Waals surface area contributed by atoms with Gasteiger partial charge in [0.1, 0.15) is 0 Å². The minimum Gasteiger partial charge on any atom is -0.478 e. The molecule has 0 fully saturated rings. The van der Waals surface area contributed by atoms with Gasteiger partial charge in [0, 0.05) is 33.4 Å². The predicted molar refractivity (Wildman–Crippen MR) is 79.4 cm³/mol. The average molecular weight is 313 g/mol. The highest BCUT2D eigenvalue weighted by Gasteiger charge is 2.20. The highest BCUT2D eigenvalue weighted by Crippen LogP contribution is 2.17. The van der Waals surface area contributed by atoms with Crippen molar-refractivity contribution in [2.24, 2.45) is 0 Å². The van der Waals surface area contributed by atoms with E-state index in [1.54, 1.807) is 19.2 Å². The number of benzene rings is 1. The van der Waals surface area contributed by atoms with Crippen LogP contribution in [0.2, 0.25) is 0 Å². The summed E-state index contributed by atoms with van der Waals surface area (Å²) in [6.07, 6.45) is 2.92. The fraction of sp³-hybridized carbons (Fsp3) is 0.357. The molecule has 0 spiro atoms. The Kier molecular flexibility index (Phi) is 6.54. The van der Waals surface area contributed by atoms with E-state index in [1.165, 1.54) is 29.6 Å². The summed E-state index contributed by atoms with van der Waals surface area (Å²) in [6.45, 7) is 0.840. The van der Waals surface area contributed by atoms with Crippen molar-refractivity contribution in [3.05, 3.63) is 35.9 Å². The van der Waals surface area contributed by atoms with Crippen molar-refractivity contribution in [3.63, 3.8) is 0 Å². The van der Waals surface area contributed by atoms with Crippen LogP contribution in [0.5, 0.6) is 0 Å². The number of rotatable bonds is 8. The number of nitrogens with zero attached hydrogens (tertiary/aromatic N) is 1. The van der Waals surface area contributed by atoms with Crippen LogP contribution in [-0.4, -0.2) is 51.1 Å². The molecule has 0 heterocycles. The second kappa shape index (κ2) is 7.92. The average Bonchev–Trinajstić information content (AvgIpc) is 2.45. The zero-order valence-corrected chi connectivity index (χ0v) is 12.8. The number of carboxylic acid groups (broad SMARTS) is 1. The van der Waals surface area contributed by atoms with Gasteiger partial charge in [0.25, 0.3) is 0 Å². The van der Waals surface area contributed by atoms with Crippen LogP contribution in [-0.2, 0) is 19.6 Å². The molecule has 0 radical (unpaired) electrons. The van der Waals surface area contributed by atoms with Gasteiger partial charge in [-0.25, -0.2) is 17.5 Å². The van der Waals surface area contributed by atoms with Crippen molar-refractivity contribution in [2.45, 2.75) is 11.3 Å². The van der Waals surface area contributed by atoms with E-state index in [0.717, 1.165) is 6.08 Å². The maximum absolute atomic E-state index is 12.4. The summed E-state index contributed by atoms with van der Waals surface area (Å²) in [6, 6.07) is 6.16. The topological polar surface area (TPSA) is 83.9 Å². The number of hydrogen-bond acceptors (Lipinski definition) is 4. The zero-order chi connectivity index (χ0) is 15.9. The van der Waals surface area contributed by atoms with E-state index >= 15 is 0 Å². The van der Waals surface area contributed by atoms with Gasteiger partial charge in [-0.3, -0.25) is 0 Å². The molecule has 1 aromatic carbocycles. The Morgan fingerprint density at radius 3 is 2.76 bits per heavy atom. The van der Waals surface area contributed by atoms with Gasteiger partial charge in [-0.15, -0.1) is 0 Å². The highest BCUT2D eigenvalue weighted by molar-refractivity contribution is 7.89. The molecule has 1 aromatic rings. The van der Waals surface area contributed by atoms with Gasteiger partial charge in [0.05, 0.1) is 4.90 Å². The Morgan fingerprint density at radius 2 is 2.14 bits per heavy atom. The summed E-state index contributed by atoms with van der Waals surface area (Å²) in [7, 11) is -0.517. The van der Waals surface area contributed by atoms with Gasteiger partial charge >= 0.3 is 5.97 Å². The van der Waals surface area contributed by atoms with Crippen LogP contribution in [0.4, 0.5) is 0 Å². The predicted octanol–water partition coefficient (Wildman–Crippen LogP) is 1.44. The lowest BCUT2D eigenvalue weighted by Gasteiger charge is -2.17. The number of aliphatic carboxylic acids is 1. The first-order valence-corrected chi connectivity index (χ1v) is 7.78. The first kappa shape index (κ1) is 17.4. The molecule has 0 aliphatic carbocycles. The normalized spacial score (nSPS) is 12.1. The standard InChI is InChI=1S/C14H19NO5S/c1-15(9-4-10-20-2)21(18,19)13-6-3-5-12(11-13)7-8-14(16)17/h3,5-8,11H,4,9-10H2,1-2H3,(H,16,17). The van der Waals surface area contributed by atoms with Gasteiger partial charge < -0.3 is 9.84 Å². The molecule has 0 amide bonds. The molecular weight excluding hydrogens is 294 g/mol. The van der Waals surface area contributed by atoms with Crippen molar-refractivity contribution in [3.8, 4) is 0 Å². The number of methoxy groups -OCH3 is 1. The molecule has 0 saturated heterocycles. The fourth-order valence-corrected chi connectivity index (χ4v) is 2.94. The second-order valence-electron chi connectivity index (χ2n) is 4.42. The van der Waals surface area contributed by atoms with E-state index in [9.17, 15) is 13.2 Å². The van der Waals surface area contributed by atoms with Gasteiger partial charge in [-0.1, -0.05) is 12.1 Å². The maximum atomic E-state index is 12.4. The van der Waals surface area contributed by atoms with Crippen LogP contribution in [0.15, 0.2) is 35.2 Å². The quantitative estimate of drug-likeness (QED) is 0.580. The molecule has 0 aromatic heterocycles. The third-order valence-electron chi connectivity index (χ3n) is 2.81. The van der Waals surface area contributed by atoms with Crippen LogP contribution in [0.25, 0.3) is 6.08 Å². The molecule has 6 nitrogen and oxygen atoms in total. The largest absolute Gasteiger partial charge is 0.478 e. The lowest BCUT2D eigenvalue weighted by molar-refractivity contribution is -0.131. The van der Waals surface area contributed by atoms with E-state index in [-0.39, 0.29) is 4.90 Å². The van der Waals surface area contributed by atoms with Crippen LogP contribution < -0.4 is 0 Å². The third kappa shape index (κ3) is 5.30. The van der Waals surface area contributed by atoms with Crippen molar-refractivity contribution in [1.29, 1.82) is 0 Å². The first-order valence-electron chi connectivity index (χ1n) is 6.34. The van der Waals surface area contributed by atoms with E-state index in [4.69, 9.17) is 9.84 Å². The van der Waals surface area contributed by atoms with Crippen LogP contribution in [0, 0.1) is 0 Å². The smallest absolute Gasteiger partial charge is 0.328 e. The van der Waals surface area contributed by atoms with E-state index in [0.29, 0.717) is 25.1 Å². The molecule has 1 N–H and O–H groups in total. The highest BCUT2D eigenvalue weighted by atomic mass is 32.2. The second-order valence-corrected chi connectivity index (χ2v) is 6.46. The Labute approximate surface area is 124 Å². The molecule has 0 bridgehead atoms. The molecule has 0 aliphatic rings. The summed E-state index contributed by atoms with van der Waals surface area (Å²) < 4.78 is 30.9. The van der Waals surface area contributed by atoms with Crippen molar-refractivity contribution < 1.29 is 23.1 Å². The zero-order valence-electron chi connectivity index (χ0n) is 12.0. The lowest BCUT2D eigenvalue weighted by Crippen LogP contribution is -2.28. The molecule has 0 atom stereocenters. The monoisotopic (exact) mass is 313 g/mol. The van der Waals surface area contributed by atoms with Crippen LogP contribution in [0.3, 0.4) is 0 Å². The van der Waals surface area contributed by atoms with E-state index < -0.39 is 16.0 Å². The van der Waals surface area contributed by atoms with Gasteiger partial charge in [0.15, 0.2) is 0 Å². The summed E-state index contributed by atoms with van der Waals surface area (Å²) in [4.78, 5) is 10.6. The number of carboxylic acids is 1. The van der Waals surface area contributed by atoms with Gasteiger partial charge in [-0.2, -0.15) is 0 Å². The number of ether oxygens (including phenoxy) is 1. The summed E-state index contributed by atoms with van der Waals surface area (Å²) in [5, 5.41) is 8.59. The first-order chi connectivity index (χ1) is 9.87. The molecule has 21 heavy (non-hydrogen) atoms. The van der Waals surface area contributed by atoms with Crippen LogP contribution in [0.1, 0.15) is 12.0 Å². The molecule has 0 saturated carbocycles. The minimum atomic E-state index is -3.58. The van der Waals surface area contributed by atoms with Crippen molar-refractivity contribution in [2.75, 3.05) is 27.3 Å². The Hall–Kier alpha value is -1.70. The Morgan fingerprint density at radius 1 is 1.43 bits per heavy atom. The van der Waals surface area contributed by atoms with Crippen LogP contribution >= 0.6 is 0 Å². The maximum Gasteiger partial charge on any atom is 0.328 e. The SMILES string of the molecule is COCCCN(C)S(=O)(=O)c1cccc(C=CC(=O)O)c1. The Balaban J connectivity index is 2.92. The van der Waals surface area contributed by atoms with Gasteiger partial charge in [-0.05, 0) is 30.2 Å². The van der Waals surface area contributed by atoms with Crippen molar-refractivity contribution in [1.82, 2.24) is 4.31 Å². The molecular formula is C14H19NO5S. The summed E-state index contributed by atoms with van der Waals surface area (Å²) in [5.41, 5.74) is 0.517. The number of carbonyl (C=O) groups is 1. The Bertz CT molecular complexity index is 610. The molecule has 1 rings (SSSR count). The third-order valence-corrected chi connectivity index (χ3v) is 4.66. The molecule has 0 aliphatic heterocycles. The van der Waals surface area contributed by atoms with Gasteiger partial charge in [0.2, 0.25) is 10.0 Å². The van der Waals surface area contributed by atoms with E-state index in [1.807, 2.05) is 0 Å². The van der Waals surface area contributed by atoms with E-state index in [2.05, 4.69) is 0 Å². The minimum absolute atomic E-state index is 0.134. The summed E-state index contributed by atoms with van der Waals surface area (Å²) in [5.74, 6) is -1.08. The van der Waals surface area contributed by atoms with Crippen molar-refractivity contribution >= 4 is 22.1 Å². The summed E-state index contributed by atoms with van der Waals surface area (Å²) >= 11 is 0. The molecule has 0 unspecified atom stereocenters. The number of hydrogen-bond donors (Lipinski definition) is 1.